The van der Waals surface area contributed by atoms with Crippen LogP contribution in [-0.4, -0.2) is 17.8 Å². The highest BCUT2D eigenvalue weighted by atomic mass is 35.5. The van der Waals surface area contributed by atoms with E-state index in [2.05, 4.69) is 23.6 Å². The summed E-state index contributed by atoms with van der Waals surface area (Å²) in [6.45, 7) is 0. The lowest BCUT2D eigenvalue weighted by Crippen LogP contribution is -2.34. The number of benzene rings is 2. The average molecular weight is 397 g/mol. The van der Waals surface area contributed by atoms with E-state index in [4.69, 9.17) is 26.2 Å². The third-order valence-corrected chi connectivity index (χ3v) is 6.24. The maximum absolute atomic E-state index is 6.50. The molecule has 2 aromatic carbocycles. The third kappa shape index (κ3) is 2.69. The van der Waals surface area contributed by atoms with Crippen LogP contribution >= 0.6 is 22.9 Å². The summed E-state index contributed by atoms with van der Waals surface area (Å²) in [4.78, 5) is 1.19. The molecule has 27 heavy (non-hydrogen) atoms. The number of halogens is 1. The van der Waals surface area contributed by atoms with Gasteiger partial charge >= 0.3 is 0 Å². The van der Waals surface area contributed by atoms with E-state index < -0.39 is 6.23 Å². The largest absolute Gasteiger partial charge is 0.493 e. The molecular formula is C21H17ClN2O2S. The van der Waals surface area contributed by atoms with Crippen LogP contribution in [0.5, 0.6) is 11.5 Å². The van der Waals surface area contributed by atoms with Crippen molar-refractivity contribution >= 4 is 28.6 Å². The maximum Gasteiger partial charge on any atom is 0.215 e. The molecule has 5 rings (SSSR count). The van der Waals surface area contributed by atoms with Crippen molar-refractivity contribution in [3.63, 3.8) is 0 Å². The van der Waals surface area contributed by atoms with Crippen molar-refractivity contribution in [3.8, 4) is 11.5 Å². The van der Waals surface area contributed by atoms with Gasteiger partial charge in [0, 0.05) is 22.6 Å². The first-order valence-corrected chi connectivity index (χ1v) is 9.99. The summed E-state index contributed by atoms with van der Waals surface area (Å²) in [5, 5.41) is 9.73. The normalized spacial score (nSPS) is 20.5. The third-order valence-electron chi connectivity index (χ3n) is 4.98. The summed E-state index contributed by atoms with van der Waals surface area (Å²) in [5.74, 6) is 1.50. The van der Waals surface area contributed by atoms with Gasteiger partial charge in [-0.3, -0.25) is 0 Å². The Bertz CT molecular complexity index is 1020. The van der Waals surface area contributed by atoms with Gasteiger partial charge in [0.1, 0.15) is 0 Å². The molecule has 136 valence electrons. The van der Waals surface area contributed by atoms with Crippen LogP contribution in [-0.2, 0) is 0 Å². The molecule has 3 aromatic rings. The molecule has 0 spiro atoms. The lowest BCUT2D eigenvalue weighted by molar-refractivity contribution is -0.0208. The van der Waals surface area contributed by atoms with Crippen molar-refractivity contribution in [3.05, 3.63) is 81.0 Å². The van der Waals surface area contributed by atoms with Gasteiger partial charge in [-0.05, 0) is 23.6 Å². The second-order valence-electron chi connectivity index (χ2n) is 6.49. The predicted octanol–water partition coefficient (Wildman–Crippen LogP) is 5.65. The Morgan fingerprint density at radius 3 is 2.74 bits per heavy atom. The van der Waals surface area contributed by atoms with Gasteiger partial charge < -0.3 is 9.47 Å². The molecule has 0 saturated carbocycles. The van der Waals surface area contributed by atoms with Crippen molar-refractivity contribution in [1.82, 2.24) is 5.01 Å². The lowest BCUT2D eigenvalue weighted by Gasteiger charge is -2.38. The van der Waals surface area contributed by atoms with E-state index in [0.717, 1.165) is 34.8 Å². The quantitative estimate of drug-likeness (QED) is 0.573. The summed E-state index contributed by atoms with van der Waals surface area (Å²) in [7, 11) is 1.66. The van der Waals surface area contributed by atoms with Crippen molar-refractivity contribution in [2.24, 2.45) is 5.10 Å². The minimum absolute atomic E-state index is 0.0854. The number of nitrogens with zero attached hydrogens (tertiary/aromatic N) is 2. The van der Waals surface area contributed by atoms with Crippen LogP contribution < -0.4 is 9.47 Å². The molecule has 0 radical (unpaired) electrons. The molecule has 1 aromatic heterocycles. The molecule has 3 heterocycles. The minimum atomic E-state index is -0.398. The SMILES string of the molecule is COc1cccc2c1O[C@H](c1ccccc1Cl)N1N=C(c3cccs3)C[C@@H]21. The van der Waals surface area contributed by atoms with Crippen LogP contribution in [0.2, 0.25) is 5.02 Å². The van der Waals surface area contributed by atoms with E-state index in [1.165, 1.54) is 4.88 Å². The molecule has 2 atom stereocenters. The molecule has 4 nitrogen and oxygen atoms in total. The molecule has 6 heteroatoms. The number of fused-ring (bicyclic) bond motifs is 3. The highest BCUT2D eigenvalue weighted by Crippen LogP contribution is 2.51. The Morgan fingerprint density at radius 1 is 1.11 bits per heavy atom. The first kappa shape index (κ1) is 16.7. The van der Waals surface area contributed by atoms with E-state index in [1.54, 1.807) is 18.4 Å². The second kappa shape index (κ2) is 6.59. The van der Waals surface area contributed by atoms with Gasteiger partial charge in [-0.25, -0.2) is 5.01 Å². The van der Waals surface area contributed by atoms with Crippen LogP contribution in [0.3, 0.4) is 0 Å². The smallest absolute Gasteiger partial charge is 0.215 e. The van der Waals surface area contributed by atoms with E-state index >= 15 is 0 Å². The number of hydrogen-bond acceptors (Lipinski definition) is 5. The molecular weight excluding hydrogens is 380 g/mol. The number of ether oxygens (including phenoxy) is 2. The molecule has 0 amide bonds. The van der Waals surface area contributed by atoms with Gasteiger partial charge in [0.25, 0.3) is 0 Å². The predicted molar refractivity (Wildman–Crippen MR) is 108 cm³/mol. The van der Waals surface area contributed by atoms with Crippen molar-refractivity contribution in [2.45, 2.75) is 18.7 Å². The van der Waals surface area contributed by atoms with Gasteiger partial charge in [0.2, 0.25) is 6.23 Å². The Hall–Kier alpha value is -2.50. The summed E-state index contributed by atoms with van der Waals surface area (Å²) in [5.41, 5.74) is 3.07. The van der Waals surface area contributed by atoms with E-state index in [9.17, 15) is 0 Å². The number of hydrogen-bond donors (Lipinski definition) is 0. The van der Waals surface area contributed by atoms with Crippen LogP contribution in [0.25, 0.3) is 0 Å². The fraction of sp³-hybridized carbons (Fsp3) is 0.190. The molecule has 0 N–H and O–H groups in total. The van der Waals surface area contributed by atoms with Gasteiger partial charge in [-0.1, -0.05) is 48.0 Å². The zero-order valence-electron chi connectivity index (χ0n) is 14.6. The summed E-state index contributed by atoms with van der Waals surface area (Å²) in [6.07, 6.45) is 0.426. The van der Waals surface area contributed by atoms with Crippen molar-refractivity contribution in [2.75, 3.05) is 7.11 Å². The molecule has 0 saturated heterocycles. The lowest BCUT2D eigenvalue weighted by atomic mass is 9.97. The van der Waals surface area contributed by atoms with E-state index in [-0.39, 0.29) is 6.04 Å². The number of hydrazone groups is 1. The number of methoxy groups -OCH3 is 1. The van der Waals surface area contributed by atoms with Gasteiger partial charge in [0.15, 0.2) is 11.5 Å². The van der Waals surface area contributed by atoms with E-state index in [1.807, 2.05) is 41.4 Å². The van der Waals surface area contributed by atoms with Crippen LogP contribution in [0.1, 0.15) is 34.7 Å². The monoisotopic (exact) mass is 396 g/mol. The molecule has 0 unspecified atom stereocenters. The summed E-state index contributed by atoms with van der Waals surface area (Å²) >= 11 is 8.21. The first-order valence-electron chi connectivity index (χ1n) is 8.74. The van der Waals surface area contributed by atoms with Crippen molar-refractivity contribution in [1.29, 1.82) is 0 Å². The van der Waals surface area contributed by atoms with Crippen LogP contribution in [0.4, 0.5) is 0 Å². The minimum Gasteiger partial charge on any atom is -0.493 e. The standard InChI is InChI=1S/C21H17ClN2O2S/c1-25-18-9-4-7-14-17-12-16(19-10-5-11-27-19)23-24(17)21(26-20(14)18)13-6-2-3-8-15(13)22/h2-11,17,21H,12H2,1H3/t17-,21+/m0/s1. The first-order chi connectivity index (χ1) is 13.3. The highest BCUT2D eigenvalue weighted by Gasteiger charge is 2.42. The molecule has 0 aliphatic carbocycles. The highest BCUT2D eigenvalue weighted by molar-refractivity contribution is 7.12. The zero-order chi connectivity index (χ0) is 18.4. The van der Waals surface area contributed by atoms with Crippen molar-refractivity contribution < 1.29 is 9.47 Å². The summed E-state index contributed by atoms with van der Waals surface area (Å²) < 4.78 is 12.0. The van der Waals surface area contributed by atoms with Gasteiger partial charge in [-0.2, -0.15) is 5.10 Å². The Balaban J connectivity index is 1.66. The fourth-order valence-electron chi connectivity index (χ4n) is 3.72. The zero-order valence-corrected chi connectivity index (χ0v) is 16.2. The molecule has 0 bridgehead atoms. The topological polar surface area (TPSA) is 34.1 Å². The number of para-hydroxylation sites is 1. The number of rotatable bonds is 3. The molecule has 2 aliphatic rings. The average Bonchev–Trinajstić information content (AvgIpc) is 3.37. The second-order valence-corrected chi connectivity index (χ2v) is 7.85. The summed E-state index contributed by atoms with van der Waals surface area (Å²) in [6, 6.07) is 18.0. The van der Waals surface area contributed by atoms with Crippen LogP contribution in [0.15, 0.2) is 65.1 Å². The van der Waals surface area contributed by atoms with Gasteiger partial charge in [-0.15, -0.1) is 11.3 Å². The van der Waals surface area contributed by atoms with Gasteiger partial charge in [0.05, 0.1) is 23.7 Å². The molecule has 2 aliphatic heterocycles. The number of thiophene rings is 1. The van der Waals surface area contributed by atoms with Crippen LogP contribution in [0, 0.1) is 0 Å². The Kier molecular flexibility index (Phi) is 4.06. The van der Waals surface area contributed by atoms with E-state index in [0.29, 0.717) is 5.02 Å². The Morgan fingerprint density at radius 2 is 1.96 bits per heavy atom. The maximum atomic E-state index is 6.50. The Labute approximate surface area is 166 Å². The fourth-order valence-corrected chi connectivity index (χ4v) is 4.67. The molecule has 0 fully saturated rings.